The van der Waals surface area contributed by atoms with Gasteiger partial charge in [-0.1, -0.05) is 66.2 Å². The monoisotopic (exact) mass is 378 g/mol. The molecular formula is C22H19ClN2O2. The van der Waals surface area contributed by atoms with E-state index in [-0.39, 0.29) is 12.3 Å². The number of benzene rings is 3. The van der Waals surface area contributed by atoms with Crippen molar-refractivity contribution in [3.8, 4) is 5.75 Å². The number of halogens is 1. The number of hydrazone groups is 1. The molecule has 1 N–H and O–H groups in total. The van der Waals surface area contributed by atoms with Gasteiger partial charge in [0.05, 0.1) is 12.6 Å². The third-order valence-corrected chi connectivity index (χ3v) is 4.08. The van der Waals surface area contributed by atoms with E-state index < -0.39 is 0 Å². The molecule has 136 valence electrons. The van der Waals surface area contributed by atoms with E-state index in [1.807, 2.05) is 78.9 Å². The summed E-state index contributed by atoms with van der Waals surface area (Å²) in [5.74, 6) is 0.519. The van der Waals surface area contributed by atoms with Crippen LogP contribution in [-0.4, -0.2) is 12.1 Å². The second-order valence-corrected chi connectivity index (χ2v) is 6.34. The Hall–Kier alpha value is -3.11. The summed E-state index contributed by atoms with van der Waals surface area (Å²) < 4.78 is 5.87. The minimum absolute atomic E-state index is 0.169. The summed E-state index contributed by atoms with van der Waals surface area (Å²) in [6.45, 7) is 0.419. The van der Waals surface area contributed by atoms with E-state index in [9.17, 15) is 4.79 Å². The SMILES string of the molecule is O=C(Cc1ccccc1)NN=Cc1ccccc1OCc1ccc(Cl)cc1. The Kier molecular flexibility index (Phi) is 6.61. The highest BCUT2D eigenvalue weighted by atomic mass is 35.5. The molecule has 0 spiro atoms. The molecule has 0 saturated carbocycles. The lowest BCUT2D eigenvalue weighted by molar-refractivity contribution is -0.120. The average Bonchev–Trinajstić information content (AvgIpc) is 2.69. The number of para-hydroxylation sites is 1. The van der Waals surface area contributed by atoms with Crippen LogP contribution < -0.4 is 10.2 Å². The Balaban J connectivity index is 1.57. The van der Waals surface area contributed by atoms with Crippen LogP contribution in [0, 0.1) is 0 Å². The molecule has 3 aromatic carbocycles. The lowest BCUT2D eigenvalue weighted by Crippen LogP contribution is -2.19. The quantitative estimate of drug-likeness (QED) is 0.482. The molecule has 0 saturated heterocycles. The van der Waals surface area contributed by atoms with Crippen molar-refractivity contribution in [2.24, 2.45) is 5.10 Å². The molecule has 1 amide bonds. The second kappa shape index (κ2) is 9.55. The normalized spacial score (nSPS) is 10.7. The zero-order valence-electron chi connectivity index (χ0n) is 14.6. The molecule has 3 rings (SSSR count). The molecule has 0 bridgehead atoms. The van der Waals surface area contributed by atoms with E-state index in [4.69, 9.17) is 16.3 Å². The predicted octanol–water partition coefficient (Wildman–Crippen LogP) is 4.61. The minimum Gasteiger partial charge on any atom is -0.488 e. The fourth-order valence-corrected chi connectivity index (χ4v) is 2.58. The Morgan fingerprint density at radius 1 is 0.926 bits per heavy atom. The van der Waals surface area contributed by atoms with Crippen molar-refractivity contribution in [3.05, 3.63) is 101 Å². The van der Waals surface area contributed by atoms with Crippen LogP contribution in [0.1, 0.15) is 16.7 Å². The molecule has 0 aliphatic heterocycles. The van der Waals surface area contributed by atoms with E-state index in [1.54, 1.807) is 6.21 Å². The van der Waals surface area contributed by atoms with Gasteiger partial charge < -0.3 is 4.74 Å². The molecule has 0 fully saturated rings. The number of nitrogens with zero attached hydrogens (tertiary/aromatic N) is 1. The van der Waals surface area contributed by atoms with Crippen molar-refractivity contribution < 1.29 is 9.53 Å². The first kappa shape index (κ1) is 18.7. The number of rotatable bonds is 7. The van der Waals surface area contributed by atoms with Gasteiger partial charge in [0.25, 0.3) is 0 Å². The zero-order chi connectivity index (χ0) is 18.9. The van der Waals surface area contributed by atoms with Gasteiger partial charge in [0.1, 0.15) is 12.4 Å². The van der Waals surface area contributed by atoms with Crippen LogP contribution in [0.15, 0.2) is 84.0 Å². The minimum atomic E-state index is -0.169. The molecule has 0 atom stereocenters. The summed E-state index contributed by atoms with van der Waals surface area (Å²) in [6, 6.07) is 24.6. The van der Waals surface area contributed by atoms with Gasteiger partial charge in [-0.15, -0.1) is 0 Å². The maximum Gasteiger partial charge on any atom is 0.244 e. The first-order chi connectivity index (χ1) is 13.2. The van der Waals surface area contributed by atoms with Gasteiger partial charge in [0.2, 0.25) is 5.91 Å². The molecular weight excluding hydrogens is 360 g/mol. The summed E-state index contributed by atoms with van der Waals surface area (Å²) in [5.41, 5.74) is 5.29. The van der Waals surface area contributed by atoms with Crippen molar-refractivity contribution in [2.45, 2.75) is 13.0 Å². The highest BCUT2D eigenvalue weighted by Gasteiger charge is 2.03. The van der Waals surface area contributed by atoms with Crippen LogP contribution in [-0.2, 0) is 17.8 Å². The summed E-state index contributed by atoms with van der Waals surface area (Å²) in [7, 11) is 0. The first-order valence-electron chi connectivity index (χ1n) is 8.53. The Morgan fingerprint density at radius 2 is 1.63 bits per heavy atom. The largest absolute Gasteiger partial charge is 0.488 e. The molecule has 0 radical (unpaired) electrons. The fraction of sp³-hybridized carbons (Fsp3) is 0.0909. The number of ether oxygens (including phenoxy) is 1. The van der Waals surface area contributed by atoms with Crippen LogP contribution in [0.25, 0.3) is 0 Å². The highest BCUT2D eigenvalue weighted by Crippen LogP contribution is 2.18. The van der Waals surface area contributed by atoms with Crippen molar-refractivity contribution in [3.63, 3.8) is 0 Å². The summed E-state index contributed by atoms with van der Waals surface area (Å²) in [6.07, 6.45) is 1.87. The molecule has 5 heteroatoms. The van der Waals surface area contributed by atoms with Crippen LogP contribution in [0.4, 0.5) is 0 Å². The van der Waals surface area contributed by atoms with E-state index in [1.165, 1.54) is 0 Å². The molecule has 27 heavy (non-hydrogen) atoms. The molecule has 3 aromatic rings. The third-order valence-electron chi connectivity index (χ3n) is 3.83. The number of amides is 1. The topological polar surface area (TPSA) is 50.7 Å². The third kappa shape index (κ3) is 5.97. The molecule has 0 aliphatic rings. The lowest BCUT2D eigenvalue weighted by Gasteiger charge is -2.09. The van der Waals surface area contributed by atoms with Crippen LogP contribution in [0.3, 0.4) is 0 Å². The predicted molar refractivity (Wildman–Crippen MR) is 108 cm³/mol. The summed E-state index contributed by atoms with van der Waals surface area (Å²) in [4.78, 5) is 12.0. The Bertz CT molecular complexity index is 909. The smallest absolute Gasteiger partial charge is 0.244 e. The molecule has 0 unspecified atom stereocenters. The van der Waals surface area contributed by atoms with Crippen molar-refractivity contribution >= 4 is 23.7 Å². The Labute approximate surface area is 163 Å². The van der Waals surface area contributed by atoms with E-state index in [2.05, 4.69) is 10.5 Å². The van der Waals surface area contributed by atoms with Gasteiger partial charge >= 0.3 is 0 Å². The van der Waals surface area contributed by atoms with Gasteiger partial charge in [-0.3, -0.25) is 4.79 Å². The summed E-state index contributed by atoms with van der Waals surface area (Å²) in [5, 5.41) is 4.74. The second-order valence-electron chi connectivity index (χ2n) is 5.91. The average molecular weight is 379 g/mol. The van der Waals surface area contributed by atoms with E-state index in [0.29, 0.717) is 17.4 Å². The number of nitrogens with one attached hydrogen (secondary N) is 1. The number of hydrogen-bond donors (Lipinski definition) is 1. The van der Waals surface area contributed by atoms with Crippen LogP contribution in [0.5, 0.6) is 5.75 Å². The number of carbonyl (C=O) groups excluding carboxylic acids is 1. The molecule has 4 nitrogen and oxygen atoms in total. The first-order valence-corrected chi connectivity index (χ1v) is 8.90. The lowest BCUT2D eigenvalue weighted by atomic mass is 10.1. The van der Waals surface area contributed by atoms with Crippen LogP contribution in [0.2, 0.25) is 5.02 Å². The molecule has 0 heterocycles. The highest BCUT2D eigenvalue weighted by molar-refractivity contribution is 6.30. The standard InChI is InChI=1S/C22H19ClN2O2/c23-20-12-10-18(11-13-20)16-27-21-9-5-4-8-19(21)15-24-25-22(26)14-17-6-2-1-3-7-17/h1-13,15H,14,16H2,(H,25,26). The zero-order valence-corrected chi connectivity index (χ0v) is 15.4. The van der Waals surface area contributed by atoms with Crippen LogP contribution >= 0.6 is 11.6 Å². The van der Waals surface area contributed by atoms with E-state index in [0.717, 1.165) is 16.7 Å². The van der Waals surface area contributed by atoms with Crippen molar-refractivity contribution in [1.29, 1.82) is 0 Å². The van der Waals surface area contributed by atoms with Gasteiger partial charge in [-0.2, -0.15) is 5.10 Å². The van der Waals surface area contributed by atoms with E-state index >= 15 is 0 Å². The van der Waals surface area contributed by atoms with Crippen molar-refractivity contribution in [1.82, 2.24) is 5.43 Å². The van der Waals surface area contributed by atoms with Gasteiger partial charge in [-0.25, -0.2) is 5.43 Å². The Morgan fingerprint density at radius 3 is 2.41 bits per heavy atom. The van der Waals surface area contributed by atoms with Gasteiger partial charge in [0.15, 0.2) is 0 Å². The van der Waals surface area contributed by atoms with Gasteiger partial charge in [-0.05, 0) is 35.4 Å². The van der Waals surface area contributed by atoms with Gasteiger partial charge in [0, 0.05) is 10.6 Å². The van der Waals surface area contributed by atoms with Crippen molar-refractivity contribution in [2.75, 3.05) is 0 Å². The number of carbonyl (C=O) groups is 1. The summed E-state index contributed by atoms with van der Waals surface area (Å²) >= 11 is 5.90. The maximum absolute atomic E-state index is 12.0. The maximum atomic E-state index is 12.0. The fourth-order valence-electron chi connectivity index (χ4n) is 2.45. The number of hydrogen-bond acceptors (Lipinski definition) is 3. The molecule has 0 aliphatic carbocycles. The molecule has 0 aromatic heterocycles.